The Hall–Kier alpha value is -2.10. The SMILES string of the molecule is C=CC[C@@H]1CN(CCc2ccccc2)CC[C@H]1N(C(=O)CC)c1ccccc1.Cl. The van der Waals surface area contributed by atoms with Crippen LogP contribution < -0.4 is 4.90 Å². The highest BCUT2D eigenvalue weighted by Gasteiger charge is 2.35. The van der Waals surface area contributed by atoms with Crippen LogP contribution in [0.3, 0.4) is 0 Å². The van der Waals surface area contributed by atoms with E-state index in [1.165, 1.54) is 5.56 Å². The maximum Gasteiger partial charge on any atom is 0.226 e. The second kappa shape index (κ2) is 11.8. The van der Waals surface area contributed by atoms with Crippen LogP contribution in [-0.2, 0) is 11.2 Å². The maximum absolute atomic E-state index is 12.8. The smallest absolute Gasteiger partial charge is 0.226 e. The Morgan fingerprint density at radius 2 is 1.79 bits per heavy atom. The van der Waals surface area contributed by atoms with Crippen molar-refractivity contribution in [3.63, 3.8) is 0 Å². The van der Waals surface area contributed by atoms with Crippen LogP contribution in [0.5, 0.6) is 0 Å². The lowest BCUT2D eigenvalue weighted by Crippen LogP contribution is -2.53. The molecule has 2 aromatic carbocycles. The lowest BCUT2D eigenvalue weighted by molar-refractivity contribution is -0.119. The van der Waals surface area contributed by atoms with Crippen LogP contribution in [0, 0.1) is 5.92 Å². The number of likely N-dealkylation sites (tertiary alicyclic amines) is 1. The first-order valence-electron chi connectivity index (χ1n) is 10.5. The van der Waals surface area contributed by atoms with Crippen LogP contribution in [0.4, 0.5) is 5.69 Å². The van der Waals surface area contributed by atoms with Crippen molar-refractivity contribution >= 4 is 24.0 Å². The van der Waals surface area contributed by atoms with Crippen LogP contribution in [-0.4, -0.2) is 36.5 Å². The van der Waals surface area contributed by atoms with Crippen molar-refractivity contribution in [2.75, 3.05) is 24.5 Å². The molecule has 1 aliphatic heterocycles. The number of carbonyl (C=O) groups excluding carboxylic acids is 1. The van der Waals surface area contributed by atoms with Gasteiger partial charge in [0.25, 0.3) is 0 Å². The van der Waals surface area contributed by atoms with Gasteiger partial charge in [0.2, 0.25) is 5.91 Å². The van der Waals surface area contributed by atoms with Gasteiger partial charge in [0.1, 0.15) is 0 Å². The number of benzene rings is 2. The van der Waals surface area contributed by atoms with E-state index in [0.29, 0.717) is 12.3 Å². The van der Waals surface area contributed by atoms with Crippen molar-refractivity contribution in [1.29, 1.82) is 0 Å². The third kappa shape index (κ3) is 6.19. The first-order valence-corrected chi connectivity index (χ1v) is 10.5. The standard InChI is InChI=1S/C25H32N2O.ClH/c1-3-11-22-20-26(18-16-21-12-7-5-8-13-21)19-17-24(22)27(25(28)4-2)23-14-9-6-10-15-23;/h3,5-10,12-15,22,24H,1,4,11,16-20H2,2H3;1H/t22-,24-;/m1./s1. The summed E-state index contributed by atoms with van der Waals surface area (Å²) in [5, 5.41) is 0. The molecule has 1 amide bonds. The molecule has 0 spiro atoms. The largest absolute Gasteiger partial charge is 0.309 e. The number of piperidine rings is 1. The molecule has 0 aromatic heterocycles. The molecule has 1 aliphatic rings. The zero-order chi connectivity index (χ0) is 19.8. The number of para-hydroxylation sites is 1. The Bertz CT molecular complexity index is 750. The molecule has 3 nitrogen and oxygen atoms in total. The van der Waals surface area contributed by atoms with Gasteiger partial charge in [-0.25, -0.2) is 0 Å². The van der Waals surface area contributed by atoms with Crippen LogP contribution in [0.15, 0.2) is 73.3 Å². The molecule has 29 heavy (non-hydrogen) atoms. The topological polar surface area (TPSA) is 23.6 Å². The van der Waals surface area contributed by atoms with Crippen LogP contribution in [0.25, 0.3) is 0 Å². The summed E-state index contributed by atoms with van der Waals surface area (Å²) in [5.74, 6) is 0.626. The predicted octanol–water partition coefficient (Wildman–Crippen LogP) is 5.36. The van der Waals surface area contributed by atoms with Crippen LogP contribution >= 0.6 is 12.4 Å². The van der Waals surface area contributed by atoms with E-state index in [1.54, 1.807) is 0 Å². The Morgan fingerprint density at radius 3 is 2.41 bits per heavy atom. The zero-order valence-corrected chi connectivity index (χ0v) is 18.2. The molecule has 0 unspecified atom stereocenters. The molecule has 1 heterocycles. The third-order valence-electron chi connectivity index (χ3n) is 5.74. The molecule has 1 fully saturated rings. The van der Waals surface area contributed by atoms with Crippen molar-refractivity contribution in [2.45, 2.75) is 38.6 Å². The number of amides is 1. The van der Waals surface area contributed by atoms with Gasteiger partial charge >= 0.3 is 0 Å². The Kier molecular flexibility index (Phi) is 9.43. The summed E-state index contributed by atoms with van der Waals surface area (Å²) < 4.78 is 0. The second-order valence-corrected chi connectivity index (χ2v) is 7.63. The molecule has 4 heteroatoms. The quantitative estimate of drug-likeness (QED) is 0.545. The third-order valence-corrected chi connectivity index (χ3v) is 5.74. The Morgan fingerprint density at radius 1 is 1.14 bits per heavy atom. The molecule has 0 aliphatic carbocycles. The summed E-state index contributed by atoms with van der Waals surface area (Å²) in [6, 6.07) is 21.1. The van der Waals surface area contributed by atoms with Crippen molar-refractivity contribution in [1.82, 2.24) is 4.90 Å². The van der Waals surface area contributed by atoms with Gasteiger partial charge in [-0.1, -0.05) is 61.5 Å². The van der Waals surface area contributed by atoms with Crippen molar-refractivity contribution in [3.05, 3.63) is 78.9 Å². The second-order valence-electron chi connectivity index (χ2n) is 7.63. The van der Waals surface area contributed by atoms with Gasteiger partial charge in [-0.05, 0) is 42.9 Å². The number of hydrogen-bond acceptors (Lipinski definition) is 2. The number of allylic oxidation sites excluding steroid dienone is 1. The average molecular weight is 413 g/mol. The first-order chi connectivity index (χ1) is 13.7. The predicted molar refractivity (Wildman–Crippen MR) is 125 cm³/mol. The number of rotatable bonds is 8. The van der Waals surface area contributed by atoms with E-state index in [0.717, 1.165) is 44.6 Å². The van der Waals surface area contributed by atoms with Crippen LogP contribution in [0.1, 0.15) is 31.7 Å². The van der Waals surface area contributed by atoms with E-state index in [2.05, 4.69) is 58.8 Å². The number of nitrogens with zero attached hydrogens (tertiary/aromatic N) is 2. The molecule has 0 N–H and O–H groups in total. The van der Waals surface area contributed by atoms with Gasteiger partial charge in [-0.2, -0.15) is 0 Å². The summed E-state index contributed by atoms with van der Waals surface area (Å²) in [4.78, 5) is 17.5. The van der Waals surface area contributed by atoms with Crippen molar-refractivity contribution in [3.8, 4) is 0 Å². The van der Waals surface area contributed by atoms with Gasteiger partial charge in [0.05, 0.1) is 0 Å². The van der Waals surface area contributed by atoms with E-state index in [-0.39, 0.29) is 24.4 Å². The molecule has 2 aromatic rings. The van der Waals surface area contributed by atoms with Gasteiger partial charge in [0.15, 0.2) is 0 Å². The molecule has 3 rings (SSSR count). The normalized spacial score (nSPS) is 19.2. The molecule has 1 saturated heterocycles. The zero-order valence-electron chi connectivity index (χ0n) is 17.4. The summed E-state index contributed by atoms with van der Waals surface area (Å²) in [6.07, 6.45) is 5.56. The highest BCUT2D eigenvalue weighted by atomic mass is 35.5. The number of hydrogen-bond donors (Lipinski definition) is 0. The lowest BCUT2D eigenvalue weighted by atomic mass is 9.87. The van der Waals surface area contributed by atoms with E-state index in [1.807, 2.05) is 31.2 Å². The fraction of sp³-hybridized carbons (Fsp3) is 0.400. The molecule has 0 radical (unpaired) electrons. The summed E-state index contributed by atoms with van der Waals surface area (Å²) in [6.45, 7) is 9.05. The minimum Gasteiger partial charge on any atom is -0.309 e. The number of anilines is 1. The molecule has 0 bridgehead atoms. The van der Waals surface area contributed by atoms with E-state index >= 15 is 0 Å². The fourth-order valence-electron chi connectivity index (χ4n) is 4.30. The molecular weight excluding hydrogens is 380 g/mol. The maximum atomic E-state index is 12.8. The Balaban J connectivity index is 0.00000300. The molecule has 156 valence electrons. The number of carbonyl (C=O) groups is 1. The lowest BCUT2D eigenvalue weighted by Gasteiger charge is -2.44. The highest BCUT2D eigenvalue weighted by molar-refractivity contribution is 5.93. The van der Waals surface area contributed by atoms with Gasteiger partial charge in [0, 0.05) is 37.8 Å². The van der Waals surface area contributed by atoms with Crippen LogP contribution in [0.2, 0.25) is 0 Å². The number of halogens is 1. The van der Waals surface area contributed by atoms with Gasteiger partial charge in [-0.3, -0.25) is 4.79 Å². The minimum absolute atomic E-state index is 0. The summed E-state index contributed by atoms with van der Waals surface area (Å²) in [5.41, 5.74) is 2.41. The fourth-order valence-corrected chi connectivity index (χ4v) is 4.30. The van der Waals surface area contributed by atoms with Crippen molar-refractivity contribution in [2.24, 2.45) is 5.92 Å². The average Bonchev–Trinajstić information content (AvgIpc) is 2.75. The summed E-state index contributed by atoms with van der Waals surface area (Å²) >= 11 is 0. The molecule has 2 atom stereocenters. The molecule has 0 saturated carbocycles. The van der Waals surface area contributed by atoms with Gasteiger partial charge in [-0.15, -0.1) is 19.0 Å². The van der Waals surface area contributed by atoms with Crippen molar-refractivity contribution < 1.29 is 4.79 Å². The minimum atomic E-state index is 0. The summed E-state index contributed by atoms with van der Waals surface area (Å²) in [7, 11) is 0. The van der Waals surface area contributed by atoms with E-state index < -0.39 is 0 Å². The van der Waals surface area contributed by atoms with Gasteiger partial charge < -0.3 is 9.80 Å². The Labute approximate surface area is 181 Å². The van der Waals surface area contributed by atoms with E-state index in [4.69, 9.17) is 0 Å². The highest BCUT2D eigenvalue weighted by Crippen LogP contribution is 2.30. The first kappa shape index (κ1) is 23.2. The van der Waals surface area contributed by atoms with E-state index in [9.17, 15) is 4.79 Å². The monoisotopic (exact) mass is 412 g/mol. The molecular formula is C25H33ClN2O.